The van der Waals surface area contributed by atoms with Gasteiger partial charge in [-0.3, -0.25) is 0 Å². The van der Waals surface area contributed by atoms with Gasteiger partial charge in [0.05, 0.1) is 6.61 Å². The number of hydrogen-bond donors (Lipinski definition) is 0. The first-order valence-corrected chi connectivity index (χ1v) is 19.9. The Bertz CT molecular complexity index is 1030. The van der Waals surface area contributed by atoms with Crippen LogP contribution in [-0.4, -0.2) is 20.4 Å². The predicted molar refractivity (Wildman–Crippen MR) is 132 cm³/mol. The second-order valence-electron chi connectivity index (χ2n) is 8.25. The average molecular weight is 583 g/mol. The first-order valence-electron chi connectivity index (χ1n) is 10.3. The van der Waals surface area contributed by atoms with Crippen LogP contribution in [0.2, 0.25) is 32.7 Å². The molecule has 0 unspecified atom stereocenters. The fourth-order valence-electron chi connectivity index (χ4n) is 2.98. The van der Waals surface area contributed by atoms with Crippen molar-refractivity contribution in [3.8, 4) is 11.5 Å². The Morgan fingerprint density at radius 3 is 1.81 bits per heavy atom. The second kappa shape index (κ2) is 15.1. The fraction of sp³-hybridized carbons (Fsp3) is 0.280. The Kier molecular flexibility index (Phi) is 14.7. The molecule has 0 aliphatic rings. The van der Waals surface area contributed by atoms with Gasteiger partial charge in [0.25, 0.3) is 0 Å². The minimum Gasteiger partial charge on any atom is -1.00 e. The smallest absolute Gasteiger partial charge is 0.0771 e. The van der Waals surface area contributed by atoms with Crippen LogP contribution >= 0.6 is 0 Å². The Hall–Kier alpha value is -0.843. The monoisotopic (exact) mass is 580 g/mol. The maximum absolute atomic E-state index is 5.79. The van der Waals surface area contributed by atoms with E-state index in [0.29, 0.717) is 6.61 Å². The van der Waals surface area contributed by atoms with Crippen LogP contribution in [-0.2, 0) is 23.3 Å². The first kappa shape index (κ1) is 31.2. The summed E-state index contributed by atoms with van der Waals surface area (Å²) in [6, 6.07) is 25.1. The molecular weight excluding hydrogens is 551 g/mol. The van der Waals surface area contributed by atoms with Gasteiger partial charge in [-0.1, -0.05) is 42.1 Å². The van der Waals surface area contributed by atoms with E-state index < -0.39 is 8.32 Å². The molecule has 7 heteroatoms. The van der Waals surface area contributed by atoms with Crippen molar-refractivity contribution < 1.29 is 57.3 Å². The molecule has 172 valence electrons. The van der Waals surface area contributed by atoms with Gasteiger partial charge in [-0.05, 0) is 26.6 Å². The molecule has 0 heterocycles. The van der Waals surface area contributed by atoms with Crippen LogP contribution in [0.1, 0.15) is 6.92 Å². The Morgan fingerprint density at radius 1 is 0.906 bits per heavy atom. The number of hydrogen-bond acceptors (Lipinski definition) is 2. The van der Waals surface area contributed by atoms with E-state index in [1.165, 1.54) is 21.5 Å². The Balaban J connectivity index is 0.000000490. The van der Waals surface area contributed by atoms with E-state index in [4.69, 9.17) is 9.16 Å². The number of fused-ring (bicyclic) bond motifs is 3. The van der Waals surface area contributed by atoms with Gasteiger partial charge in [-0.2, -0.15) is 6.07 Å². The van der Waals surface area contributed by atoms with Gasteiger partial charge < -0.3 is 34.0 Å². The summed E-state index contributed by atoms with van der Waals surface area (Å²) in [7, 11) is -1.46. The Labute approximate surface area is 221 Å². The van der Waals surface area contributed by atoms with Gasteiger partial charge in [0, 0.05) is 5.75 Å². The van der Waals surface area contributed by atoms with E-state index >= 15 is 0 Å². The van der Waals surface area contributed by atoms with Crippen molar-refractivity contribution in [1.82, 2.24) is 0 Å². The van der Waals surface area contributed by atoms with Gasteiger partial charge in [0.2, 0.25) is 8.32 Å². The van der Waals surface area contributed by atoms with Crippen molar-refractivity contribution in [2.24, 2.45) is 0 Å². The van der Waals surface area contributed by atoms with E-state index in [0.717, 1.165) is 11.5 Å². The van der Waals surface area contributed by atoms with Crippen molar-refractivity contribution in [2.45, 2.75) is 39.7 Å². The van der Waals surface area contributed by atoms with Gasteiger partial charge in [0.1, 0.15) is 0 Å². The van der Waals surface area contributed by atoms with Crippen molar-refractivity contribution in [3.05, 3.63) is 72.8 Å². The zero-order valence-corrected chi connectivity index (χ0v) is 25.7. The number of benzene rings is 2. The SMILES string of the molecule is CCO[c-]1ccc(O[Si](C)(C)C)c1.C[Si](C)=[Zr+2].[Cl-].[Cl-].c1ccc2c(c1)[cH-]c1ccccc12. The molecule has 0 radical (unpaired) electrons. The summed E-state index contributed by atoms with van der Waals surface area (Å²) < 4.78 is 11.1. The summed E-state index contributed by atoms with van der Waals surface area (Å²) in [5, 5.41) is 5.39. The van der Waals surface area contributed by atoms with Crippen LogP contribution in [0, 0.1) is 0 Å². The van der Waals surface area contributed by atoms with Crippen LogP contribution < -0.4 is 34.0 Å². The summed E-state index contributed by atoms with van der Waals surface area (Å²) in [6.07, 6.45) is 0. The minimum atomic E-state index is -1.46. The van der Waals surface area contributed by atoms with Gasteiger partial charge in [-0.15, -0.1) is 51.9 Å². The van der Waals surface area contributed by atoms with Crippen LogP contribution in [0.5, 0.6) is 11.5 Å². The van der Waals surface area contributed by atoms with Gasteiger partial charge >= 0.3 is 41.9 Å². The van der Waals surface area contributed by atoms with Crippen molar-refractivity contribution in [1.29, 1.82) is 0 Å². The van der Waals surface area contributed by atoms with Gasteiger partial charge in [-0.25, -0.2) is 0 Å². The van der Waals surface area contributed by atoms with Crippen molar-refractivity contribution in [2.75, 3.05) is 6.61 Å². The van der Waals surface area contributed by atoms with Crippen molar-refractivity contribution >= 4 is 35.3 Å². The largest absolute Gasteiger partial charge is 1.00 e. The quantitative estimate of drug-likeness (QED) is 0.269. The molecule has 0 aromatic heterocycles. The molecule has 4 aromatic rings. The first-order chi connectivity index (χ1) is 14.2. The maximum atomic E-state index is 5.79. The van der Waals surface area contributed by atoms with E-state index in [-0.39, 0.29) is 30.2 Å². The molecule has 0 amide bonds. The van der Waals surface area contributed by atoms with Crippen LogP contribution in [0.15, 0.2) is 72.8 Å². The second-order valence-corrected chi connectivity index (χ2v) is 22.1. The number of halogens is 2. The molecule has 0 spiro atoms. The summed E-state index contributed by atoms with van der Waals surface area (Å²) in [6.45, 7) is 13.8. The molecule has 32 heavy (non-hydrogen) atoms. The zero-order valence-electron chi connectivity index (χ0n) is 19.7. The molecule has 4 rings (SSSR count). The van der Waals surface area contributed by atoms with Crippen molar-refractivity contribution in [3.63, 3.8) is 0 Å². The molecule has 4 aromatic carbocycles. The Morgan fingerprint density at radius 2 is 1.38 bits per heavy atom. The molecule has 0 bridgehead atoms. The molecule has 0 aliphatic carbocycles. The molecule has 2 nitrogen and oxygen atoms in total. The van der Waals surface area contributed by atoms with E-state index in [9.17, 15) is 0 Å². The molecule has 0 saturated heterocycles. The molecule has 0 aliphatic heterocycles. The number of rotatable bonds is 4. The van der Waals surface area contributed by atoms with Crippen LogP contribution in [0.4, 0.5) is 0 Å². The standard InChI is InChI=1S/C13H9.C10H17O2Si.C2H6Si.2ClH.Zr/c1-3-7-12-10(5-1)9-11-6-2-4-8-13(11)12;1-5-11-9-6-7-10(8-9)12-13(2,3)4;1-3-2;;;/h1-9H;6-8H,5H2,1-4H3;1-2H3;2*1H;/q2*-1;;;;+2/p-2. The third-order valence-electron chi connectivity index (χ3n) is 3.95. The van der Waals surface area contributed by atoms with Crippen LogP contribution in [0.3, 0.4) is 0 Å². The topological polar surface area (TPSA) is 18.5 Å². The summed E-state index contributed by atoms with van der Waals surface area (Å²) in [5.41, 5.74) is 0.210. The fourth-order valence-corrected chi connectivity index (χ4v) is 3.81. The number of ether oxygens (including phenoxy) is 1. The van der Waals surface area contributed by atoms with E-state index in [2.05, 4.69) is 87.3 Å². The normalized spacial score (nSPS) is 10.0. The average Bonchev–Trinajstić information content (AvgIpc) is 3.24. The molecule has 0 saturated carbocycles. The third-order valence-corrected chi connectivity index (χ3v) is 4.80. The summed E-state index contributed by atoms with van der Waals surface area (Å²) in [4.78, 5) is 0. The molecule has 0 fully saturated rings. The third kappa shape index (κ3) is 10.9. The molecule has 0 N–H and O–H groups in total. The molecular formula is C25H32Cl2O2Si2Zr-2. The van der Waals surface area contributed by atoms with E-state index in [1.807, 2.05) is 25.1 Å². The maximum Gasteiger partial charge on any atom is -0.0771 e. The summed E-state index contributed by atoms with van der Waals surface area (Å²) >= 11 is 1.74. The summed E-state index contributed by atoms with van der Waals surface area (Å²) in [5.74, 6) is 1.83. The van der Waals surface area contributed by atoms with E-state index in [1.54, 1.807) is 23.3 Å². The minimum absolute atomic E-state index is 0. The van der Waals surface area contributed by atoms with Gasteiger partial charge in [0.15, 0.2) is 0 Å². The predicted octanol–water partition coefficient (Wildman–Crippen LogP) is 1.52. The molecule has 0 atom stereocenters. The zero-order chi connectivity index (χ0) is 22.1. The van der Waals surface area contributed by atoms with Crippen LogP contribution in [0.25, 0.3) is 21.5 Å².